The van der Waals surface area contributed by atoms with Crippen molar-refractivity contribution in [3.05, 3.63) is 59.0 Å². The van der Waals surface area contributed by atoms with Gasteiger partial charge in [-0.05, 0) is 24.3 Å². The molecule has 0 aliphatic rings. The average molecular weight is 286 g/mol. The van der Waals surface area contributed by atoms with Gasteiger partial charge in [0.2, 0.25) is 5.91 Å². The maximum Gasteiger partial charge on any atom is 0.420 e. The van der Waals surface area contributed by atoms with E-state index in [1.165, 1.54) is 4.57 Å². The molecule has 6 heteroatoms. The molecule has 21 heavy (non-hydrogen) atoms. The third-order valence-corrected chi connectivity index (χ3v) is 3.15. The van der Waals surface area contributed by atoms with Gasteiger partial charge in [0.05, 0.1) is 11.8 Å². The molecule has 1 aromatic carbocycles. The molecule has 0 radical (unpaired) electrons. The van der Waals surface area contributed by atoms with Crippen molar-refractivity contribution in [1.82, 2.24) is 9.88 Å². The van der Waals surface area contributed by atoms with Gasteiger partial charge in [-0.2, -0.15) is 0 Å². The van der Waals surface area contributed by atoms with Crippen LogP contribution in [0.5, 0.6) is 0 Å². The lowest BCUT2D eigenvalue weighted by Crippen LogP contribution is -2.32. The minimum absolute atomic E-state index is 0.0615. The topological polar surface area (TPSA) is 77.4 Å². The number of hydrogen-bond acceptors (Lipinski definition) is 4. The minimum atomic E-state index is -0.530. The van der Waals surface area contributed by atoms with Gasteiger partial charge in [0, 0.05) is 13.0 Å². The molecule has 0 saturated carbocycles. The number of furan rings is 1. The highest BCUT2D eigenvalue weighted by Crippen LogP contribution is 2.11. The number of benzene rings is 1. The van der Waals surface area contributed by atoms with Crippen LogP contribution in [-0.4, -0.2) is 17.0 Å². The Morgan fingerprint density at radius 2 is 2.05 bits per heavy atom. The summed E-state index contributed by atoms with van der Waals surface area (Å²) in [7, 11) is 0. The number of rotatable bonds is 5. The van der Waals surface area contributed by atoms with Crippen LogP contribution in [0.3, 0.4) is 0 Å². The summed E-state index contributed by atoms with van der Waals surface area (Å²) in [5.41, 5.74) is 1.09. The van der Waals surface area contributed by atoms with Crippen LogP contribution in [0.1, 0.15) is 5.76 Å². The third kappa shape index (κ3) is 2.89. The molecular weight excluding hydrogens is 272 g/mol. The van der Waals surface area contributed by atoms with Gasteiger partial charge in [0.25, 0.3) is 0 Å². The summed E-state index contributed by atoms with van der Waals surface area (Å²) >= 11 is 0. The Morgan fingerprint density at radius 3 is 2.86 bits per heavy atom. The first-order chi connectivity index (χ1) is 10.2. The summed E-state index contributed by atoms with van der Waals surface area (Å²) in [6.45, 7) is 0.394. The second-order valence-electron chi connectivity index (χ2n) is 4.60. The molecule has 1 N–H and O–H groups in total. The van der Waals surface area contributed by atoms with Crippen molar-refractivity contribution in [3.63, 3.8) is 0 Å². The Labute approximate surface area is 120 Å². The van der Waals surface area contributed by atoms with Crippen LogP contribution in [0.4, 0.5) is 0 Å². The summed E-state index contributed by atoms with van der Waals surface area (Å²) < 4.78 is 11.6. The summed E-state index contributed by atoms with van der Waals surface area (Å²) in [4.78, 5) is 23.6. The quantitative estimate of drug-likeness (QED) is 0.772. The molecule has 0 fully saturated rings. The number of nitrogens with one attached hydrogen (secondary N) is 1. The Bertz CT molecular complexity index is 799. The first-order valence-electron chi connectivity index (χ1n) is 6.61. The van der Waals surface area contributed by atoms with Crippen molar-refractivity contribution in [3.8, 4) is 0 Å². The fourth-order valence-electron chi connectivity index (χ4n) is 2.14. The zero-order valence-electron chi connectivity index (χ0n) is 11.2. The lowest BCUT2D eigenvalue weighted by Gasteiger charge is -2.04. The molecule has 0 saturated heterocycles. The molecule has 0 atom stereocenters. The summed E-state index contributed by atoms with van der Waals surface area (Å²) in [6.07, 6.45) is 2.20. The maximum atomic E-state index is 11.9. The molecule has 0 bridgehead atoms. The Hall–Kier alpha value is -2.76. The molecule has 0 unspecified atom stereocenters. The van der Waals surface area contributed by atoms with Crippen LogP contribution in [0.2, 0.25) is 0 Å². The first-order valence-corrected chi connectivity index (χ1v) is 6.61. The Balaban J connectivity index is 1.63. The van der Waals surface area contributed by atoms with Gasteiger partial charge in [-0.3, -0.25) is 9.36 Å². The van der Waals surface area contributed by atoms with Crippen LogP contribution >= 0.6 is 0 Å². The molecule has 0 spiro atoms. The number of carbonyl (C=O) groups excluding carboxylic acids is 1. The molecule has 0 aliphatic carbocycles. The van der Waals surface area contributed by atoms with E-state index in [-0.39, 0.29) is 12.5 Å². The maximum absolute atomic E-state index is 11.9. The second-order valence-corrected chi connectivity index (χ2v) is 4.60. The Morgan fingerprint density at radius 1 is 1.19 bits per heavy atom. The number of fused-ring (bicyclic) bond motifs is 1. The van der Waals surface area contributed by atoms with E-state index in [1.54, 1.807) is 36.6 Å². The van der Waals surface area contributed by atoms with Gasteiger partial charge in [-0.1, -0.05) is 12.1 Å². The summed E-state index contributed by atoms with van der Waals surface area (Å²) in [5.74, 6) is 0.0359. The smallest absolute Gasteiger partial charge is 0.420 e. The summed E-state index contributed by atoms with van der Waals surface area (Å²) in [6, 6.07) is 10.7. The number of hydrogen-bond donors (Lipinski definition) is 1. The third-order valence-electron chi connectivity index (χ3n) is 3.15. The predicted octanol–water partition coefficient (Wildman–Crippen LogP) is 1.55. The van der Waals surface area contributed by atoms with Crippen molar-refractivity contribution in [1.29, 1.82) is 0 Å². The molecule has 0 aliphatic heterocycles. The van der Waals surface area contributed by atoms with Crippen molar-refractivity contribution in [2.24, 2.45) is 0 Å². The number of nitrogens with zero attached hydrogens (tertiary/aromatic N) is 1. The van der Waals surface area contributed by atoms with Gasteiger partial charge in [0.15, 0.2) is 5.58 Å². The number of amides is 1. The van der Waals surface area contributed by atoms with Gasteiger partial charge in [-0.25, -0.2) is 4.79 Å². The van der Waals surface area contributed by atoms with E-state index in [9.17, 15) is 9.59 Å². The lowest BCUT2D eigenvalue weighted by atomic mass is 10.3. The normalized spacial score (nSPS) is 10.9. The molecule has 2 aromatic heterocycles. The molecule has 2 heterocycles. The molecule has 1 amide bonds. The number of aromatic nitrogens is 1. The van der Waals surface area contributed by atoms with Crippen molar-refractivity contribution in [2.75, 3.05) is 6.54 Å². The van der Waals surface area contributed by atoms with E-state index in [0.717, 1.165) is 5.76 Å². The van der Waals surface area contributed by atoms with Gasteiger partial charge >= 0.3 is 5.76 Å². The molecule has 108 valence electrons. The van der Waals surface area contributed by atoms with E-state index in [0.29, 0.717) is 24.1 Å². The largest absolute Gasteiger partial charge is 0.469 e. The monoisotopic (exact) mass is 286 g/mol. The number of para-hydroxylation sites is 2. The van der Waals surface area contributed by atoms with E-state index >= 15 is 0 Å². The Kier molecular flexibility index (Phi) is 3.59. The van der Waals surface area contributed by atoms with Crippen molar-refractivity contribution in [2.45, 2.75) is 13.0 Å². The fourth-order valence-corrected chi connectivity index (χ4v) is 2.14. The van der Waals surface area contributed by atoms with Crippen LogP contribution in [0.25, 0.3) is 11.1 Å². The first kappa shape index (κ1) is 13.2. The van der Waals surface area contributed by atoms with Crippen LogP contribution in [0.15, 0.2) is 56.3 Å². The minimum Gasteiger partial charge on any atom is -0.469 e. The van der Waals surface area contributed by atoms with E-state index in [2.05, 4.69) is 5.32 Å². The number of carbonyl (C=O) groups is 1. The van der Waals surface area contributed by atoms with Gasteiger partial charge in [0.1, 0.15) is 12.3 Å². The standard InChI is InChI=1S/C15H14N2O4/c18-14(16-8-7-11-4-3-9-20-11)10-17-12-5-1-2-6-13(12)21-15(17)19/h1-6,9H,7-8,10H2,(H,16,18). The zero-order chi connectivity index (χ0) is 14.7. The lowest BCUT2D eigenvalue weighted by molar-refractivity contribution is -0.121. The highest BCUT2D eigenvalue weighted by molar-refractivity contribution is 5.79. The van der Waals surface area contributed by atoms with E-state index in [1.807, 2.05) is 6.07 Å². The fraction of sp³-hybridized carbons (Fsp3) is 0.200. The average Bonchev–Trinajstić information content (AvgIpc) is 3.08. The van der Waals surface area contributed by atoms with Gasteiger partial charge in [-0.15, -0.1) is 0 Å². The van der Waals surface area contributed by atoms with Crippen LogP contribution < -0.4 is 11.1 Å². The van der Waals surface area contributed by atoms with E-state index < -0.39 is 5.76 Å². The molecule has 6 nitrogen and oxygen atoms in total. The van der Waals surface area contributed by atoms with Gasteiger partial charge < -0.3 is 14.2 Å². The highest BCUT2D eigenvalue weighted by atomic mass is 16.4. The highest BCUT2D eigenvalue weighted by Gasteiger charge is 2.11. The second kappa shape index (κ2) is 5.70. The number of oxazole rings is 1. The molecular formula is C15H14N2O4. The summed E-state index contributed by atoms with van der Waals surface area (Å²) in [5, 5.41) is 2.75. The van der Waals surface area contributed by atoms with Crippen molar-refractivity contribution < 1.29 is 13.6 Å². The van der Waals surface area contributed by atoms with Crippen LogP contribution in [0, 0.1) is 0 Å². The molecule has 3 aromatic rings. The van der Waals surface area contributed by atoms with Crippen LogP contribution in [-0.2, 0) is 17.8 Å². The SMILES string of the molecule is O=C(Cn1c(=O)oc2ccccc21)NCCc1ccco1. The van der Waals surface area contributed by atoms with Crippen molar-refractivity contribution >= 4 is 17.0 Å². The zero-order valence-corrected chi connectivity index (χ0v) is 11.2. The predicted molar refractivity (Wildman–Crippen MR) is 75.9 cm³/mol. The van der Waals surface area contributed by atoms with E-state index in [4.69, 9.17) is 8.83 Å². The molecule has 3 rings (SSSR count).